The van der Waals surface area contributed by atoms with Gasteiger partial charge in [-0.25, -0.2) is 9.59 Å². The molecule has 0 amide bonds. The van der Waals surface area contributed by atoms with E-state index in [9.17, 15) is 9.59 Å². The lowest BCUT2D eigenvalue weighted by Gasteiger charge is -2.00. The molecule has 0 N–H and O–H groups in total. The quantitative estimate of drug-likeness (QED) is 0.460. The largest absolute Gasteiger partial charge is 0.461 e. The molecule has 1 aromatic rings. The van der Waals surface area contributed by atoms with Gasteiger partial charge in [0.15, 0.2) is 0 Å². The molecule has 1 aromatic carbocycles. The summed E-state index contributed by atoms with van der Waals surface area (Å²) >= 11 is 5.19. The van der Waals surface area contributed by atoms with Crippen molar-refractivity contribution in [1.29, 1.82) is 0 Å². The molecule has 0 heterocycles. The van der Waals surface area contributed by atoms with Crippen LogP contribution in [0.25, 0.3) is 0 Å². The molecule has 108 valence electrons. The Morgan fingerprint density at radius 3 is 2.10 bits per heavy atom. The molecular weight excluding hydrogens is 280 g/mol. The van der Waals surface area contributed by atoms with Crippen LogP contribution in [0.1, 0.15) is 5.56 Å². The number of alkyl halides is 1. The first-order valence-electron chi connectivity index (χ1n) is 5.82. The van der Waals surface area contributed by atoms with Gasteiger partial charge in [0.1, 0.15) is 13.2 Å². The van der Waals surface area contributed by atoms with Crippen LogP contribution in [0.5, 0.6) is 0 Å². The van der Waals surface area contributed by atoms with E-state index in [4.69, 9.17) is 16.3 Å². The third kappa shape index (κ3) is 9.91. The third-order valence-electron chi connectivity index (χ3n) is 1.88. The van der Waals surface area contributed by atoms with E-state index >= 15 is 0 Å². The molecule has 0 fully saturated rings. The van der Waals surface area contributed by atoms with E-state index in [0.717, 1.165) is 17.7 Å². The van der Waals surface area contributed by atoms with Gasteiger partial charge in [0.2, 0.25) is 0 Å². The van der Waals surface area contributed by atoms with Gasteiger partial charge < -0.3 is 9.47 Å². The topological polar surface area (TPSA) is 52.6 Å². The number of hydrogen-bond acceptors (Lipinski definition) is 4. The van der Waals surface area contributed by atoms with E-state index in [1.54, 1.807) is 0 Å². The lowest BCUT2D eigenvalue weighted by molar-refractivity contribution is -0.139. The average molecular weight is 297 g/mol. The van der Waals surface area contributed by atoms with Gasteiger partial charge in [0.05, 0.1) is 5.88 Å². The average Bonchev–Trinajstić information content (AvgIpc) is 2.51. The van der Waals surface area contributed by atoms with Crippen molar-refractivity contribution < 1.29 is 19.1 Å². The smallest absolute Gasteiger partial charge is 0.330 e. The van der Waals surface area contributed by atoms with Gasteiger partial charge >= 0.3 is 11.9 Å². The molecule has 0 bridgehead atoms. The van der Waals surface area contributed by atoms with Crippen LogP contribution in [0, 0.1) is 0 Å². The SMILES string of the molecule is C=CC(=O)OCCCl.C=CC(=O)OCc1ccccc1. The van der Waals surface area contributed by atoms with Crippen LogP contribution < -0.4 is 0 Å². The third-order valence-corrected chi connectivity index (χ3v) is 2.03. The highest BCUT2D eigenvalue weighted by Crippen LogP contribution is 2.00. The fourth-order valence-electron chi connectivity index (χ4n) is 0.986. The van der Waals surface area contributed by atoms with E-state index in [1.807, 2.05) is 30.3 Å². The van der Waals surface area contributed by atoms with Gasteiger partial charge in [-0.15, -0.1) is 11.6 Å². The van der Waals surface area contributed by atoms with Crippen LogP contribution in [0.4, 0.5) is 0 Å². The highest BCUT2D eigenvalue weighted by molar-refractivity contribution is 6.18. The van der Waals surface area contributed by atoms with Crippen molar-refractivity contribution in [3.05, 3.63) is 61.2 Å². The molecule has 0 spiro atoms. The van der Waals surface area contributed by atoms with Crippen LogP contribution in [-0.2, 0) is 25.7 Å². The second-order valence-corrected chi connectivity index (χ2v) is 3.74. The van der Waals surface area contributed by atoms with Crippen LogP contribution in [0.3, 0.4) is 0 Å². The second kappa shape index (κ2) is 12.0. The summed E-state index contributed by atoms with van der Waals surface area (Å²) in [6.45, 7) is 7.06. The predicted octanol–water partition coefficient (Wildman–Crippen LogP) is 2.87. The van der Waals surface area contributed by atoms with Crippen LogP contribution in [-0.4, -0.2) is 24.4 Å². The van der Waals surface area contributed by atoms with Gasteiger partial charge in [-0.3, -0.25) is 0 Å². The molecule has 0 saturated carbocycles. The zero-order chi connectivity index (χ0) is 15.2. The van der Waals surface area contributed by atoms with E-state index in [1.165, 1.54) is 0 Å². The van der Waals surface area contributed by atoms with Crippen LogP contribution in [0.2, 0.25) is 0 Å². The number of carbonyl (C=O) groups is 2. The molecule has 0 aliphatic carbocycles. The molecule has 0 aliphatic heterocycles. The minimum atomic E-state index is -0.425. The van der Waals surface area contributed by atoms with Gasteiger partial charge in [-0.1, -0.05) is 43.5 Å². The summed E-state index contributed by atoms with van der Waals surface area (Å²) in [7, 11) is 0. The van der Waals surface area contributed by atoms with Crippen molar-refractivity contribution in [1.82, 2.24) is 0 Å². The van der Waals surface area contributed by atoms with Gasteiger partial charge in [0, 0.05) is 12.2 Å². The number of rotatable bonds is 6. The first-order valence-corrected chi connectivity index (χ1v) is 6.35. The fraction of sp³-hybridized carbons (Fsp3) is 0.200. The minimum absolute atomic E-state index is 0.256. The zero-order valence-electron chi connectivity index (χ0n) is 11.1. The van der Waals surface area contributed by atoms with Crippen molar-refractivity contribution in [2.24, 2.45) is 0 Å². The van der Waals surface area contributed by atoms with E-state index in [0.29, 0.717) is 12.5 Å². The number of carbonyl (C=O) groups excluding carboxylic acids is 2. The van der Waals surface area contributed by atoms with Crippen LogP contribution in [0.15, 0.2) is 55.6 Å². The van der Waals surface area contributed by atoms with Gasteiger partial charge in [-0.2, -0.15) is 0 Å². The Hall–Kier alpha value is -2.07. The number of hydrogen-bond donors (Lipinski definition) is 0. The number of esters is 2. The summed E-state index contributed by atoms with van der Waals surface area (Å²) in [5.74, 6) is -0.482. The number of ether oxygens (including phenoxy) is 2. The summed E-state index contributed by atoms with van der Waals surface area (Å²) in [5.41, 5.74) is 0.979. The lowest BCUT2D eigenvalue weighted by atomic mass is 10.2. The molecule has 0 aromatic heterocycles. The Morgan fingerprint density at radius 1 is 1.05 bits per heavy atom. The first kappa shape index (κ1) is 17.9. The summed E-state index contributed by atoms with van der Waals surface area (Å²) in [4.78, 5) is 20.8. The highest BCUT2D eigenvalue weighted by Gasteiger charge is 1.95. The van der Waals surface area contributed by atoms with E-state index in [-0.39, 0.29) is 12.6 Å². The highest BCUT2D eigenvalue weighted by atomic mass is 35.5. The Balaban J connectivity index is 0.000000396. The minimum Gasteiger partial charge on any atom is -0.461 e. The summed E-state index contributed by atoms with van der Waals surface area (Å²) in [6, 6.07) is 9.51. The normalized spacial score (nSPS) is 8.65. The zero-order valence-corrected chi connectivity index (χ0v) is 11.8. The molecule has 4 nitrogen and oxygen atoms in total. The maximum atomic E-state index is 10.6. The summed E-state index contributed by atoms with van der Waals surface area (Å²) in [6.07, 6.45) is 2.26. The Labute approximate surface area is 123 Å². The molecule has 20 heavy (non-hydrogen) atoms. The van der Waals surface area contributed by atoms with Gasteiger partial charge in [0.25, 0.3) is 0 Å². The van der Waals surface area contributed by atoms with Crippen molar-refractivity contribution in [3.63, 3.8) is 0 Å². The molecule has 0 aliphatic rings. The molecule has 5 heteroatoms. The van der Waals surface area contributed by atoms with E-state index in [2.05, 4.69) is 17.9 Å². The Morgan fingerprint density at radius 2 is 1.60 bits per heavy atom. The Bertz CT molecular complexity index is 429. The van der Waals surface area contributed by atoms with Crippen LogP contribution >= 0.6 is 11.6 Å². The molecule has 0 saturated heterocycles. The molecule has 0 atom stereocenters. The molecule has 0 radical (unpaired) electrons. The van der Waals surface area contributed by atoms with E-state index < -0.39 is 5.97 Å². The first-order chi connectivity index (χ1) is 9.63. The summed E-state index contributed by atoms with van der Waals surface area (Å²) < 4.78 is 9.27. The molecule has 0 unspecified atom stereocenters. The van der Waals surface area contributed by atoms with Crippen molar-refractivity contribution in [2.75, 3.05) is 12.5 Å². The number of benzene rings is 1. The number of halogens is 1. The monoisotopic (exact) mass is 296 g/mol. The standard InChI is InChI=1S/C10H10O2.C5H7ClO2/c1-2-10(11)12-8-9-6-4-3-5-7-9;1-2-5(7)8-4-3-6/h2-7H,1,8H2;2H,1,3-4H2. The predicted molar refractivity (Wildman–Crippen MR) is 78.3 cm³/mol. The molecular formula is C15H17ClO4. The Kier molecular flexibility index (Phi) is 10.7. The maximum Gasteiger partial charge on any atom is 0.330 e. The van der Waals surface area contributed by atoms with Gasteiger partial charge in [-0.05, 0) is 5.56 Å². The molecule has 1 rings (SSSR count). The maximum absolute atomic E-state index is 10.6. The van der Waals surface area contributed by atoms with Crippen molar-refractivity contribution in [3.8, 4) is 0 Å². The van der Waals surface area contributed by atoms with Crippen molar-refractivity contribution >= 4 is 23.5 Å². The second-order valence-electron chi connectivity index (χ2n) is 3.36. The summed E-state index contributed by atoms with van der Waals surface area (Å²) in [5, 5.41) is 0. The lowest BCUT2D eigenvalue weighted by Crippen LogP contribution is -2.01. The fourth-order valence-corrected chi connectivity index (χ4v) is 1.06. The van der Waals surface area contributed by atoms with Crippen molar-refractivity contribution in [2.45, 2.75) is 6.61 Å².